The maximum atomic E-state index is 3.34. The standard InChI is InChI=1S/C6H8BrN/c1-2-6-3-5(7)4-8-6/h3-4,8H,2H2,1H3. The first-order valence-electron chi connectivity index (χ1n) is 2.65. The maximum Gasteiger partial charge on any atom is 0.0352 e. The van der Waals surface area contributed by atoms with Gasteiger partial charge in [0.2, 0.25) is 0 Å². The first-order chi connectivity index (χ1) is 3.83. The number of hydrogen-bond donors (Lipinski definition) is 1. The second-order valence-electron chi connectivity index (χ2n) is 1.70. The molecule has 1 N–H and O–H groups in total. The largest absolute Gasteiger partial charge is 0.364 e. The second kappa shape index (κ2) is 2.35. The molecule has 0 radical (unpaired) electrons. The van der Waals surface area contributed by atoms with Crippen LogP contribution in [0, 0.1) is 0 Å². The average molecular weight is 174 g/mol. The van der Waals surface area contributed by atoms with Gasteiger partial charge >= 0.3 is 0 Å². The number of aromatic nitrogens is 1. The van der Waals surface area contributed by atoms with E-state index in [1.54, 1.807) is 0 Å². The van der Waals surface area contributed by atoms with Crippen molar-refractivity contribution in [3.05, 3.63) is 22.4 Å². The van der Waals surface area contributed by atoms with Gasteiger partial charge in [-0.05, 0) is 28.4 Å². The monoisotopic (exact) mass is 173 g/mol. The Labute approximate surface area is 57.2 Å². The minimum atomic E-state index is 1.08. The fourth-order valence-electron chi connectivity index (χ4n) is 0.616. The fraction of sp³-hybridized carbons (Fsp3) is 0.333. The lowest BCUT2D eigenvalue weighted by Gasteiger charge is -1.81. The summed E-state index contributed by atoms with van der Waals surface area (Å²) < 4.78 is 1.13. The summed E-state index contributed by atoms with van der Waals surface area (Å²) in [6.45, 7) is 2.12. The molecule has 1 aromatic heterocycles. The van der Waals surface area contributed by atoms with E-state index >= 15 is 0 Å². The van der Waals surface area contributed by atoms with Crippen LogP contribution in [0.4, 0.5) is 0 Å². The third kappa shape index (κ3) is 1.13. The molecule has 8 heavy (non-hydrogen) atoms. The maximum absolute atomic E-state index is 3.34. The second-order valence-corrected chi connectivity index (χ2v) is 2.61. The van der Waals surface area contributed by atoms with Crippen LogP contribution in [0.25, 0.3) is 0 Å². The third-order valence-corrected chi connectivity index (χ3v) is 1.55. The van der Waals surface area contributed by atoms with E-state index in [-0.39, 0.29) is 0 Å². The van der Waals surface area contributed by atoms with Crippen molar-refractivity contribution in [3.63, 3.8) is 0 Å². The topological polar surface area (TPSA) is 15.8 Å². The Balaban J connectivity index is 2.84. The molecule has 0 aliphatic rings. The normalized spacial score (nSPS) is 9.75. The van der Waals surface area contributed by atoms with Crippen LogP contribution in [0.2, 0.25) is 0 Å². The highest BCUT2D eigenvalue weighted by Gasteiger charge is 1.89. The molecule has 0 unspecified atom stereocenters. The summed E-state index contributed by atoms with van der Waals surface area (Å²) in [7, 11) is 0. The molecule has 0 fully saturated rings. The minimum absolute atomic E-state index is 1.08. The van der Waals surface area contributed by atoms with Gasteiger partial charge in [-0.15, -0.1) is 0 Å². The Bertz CT molecular complexity index is 169. The summed E-state index contributed by atoms with van der Waals surface area (Å²) in [5.41, 5.74) is 1.27. The average Bonchev–Trinajstić information content (AvgIpc) is 2.14. The SMILES string of the molecule is CCc1cc(Br)c[nH]1. The van der Waals surface area contributed by atoms with Crippen molar-refractivity contribution < 1.29 is 0 Å². The van der Waals surface area contributed by atoms with Gasteiger partial charge in [0.1, 0.15) is 0 Å². The van der Waals surface area contributed by atoms with Gasteiger partial charge in [-0.3, -0.25) is 0 Å². The van der Waals surface area contributed by atoms with Crippen LogP contribution in [-0.2, 0) is 6.42 Å². The molecular formula is C6H8BrN. The molecule has 0 aliphatic heterocycles. The van der Waals surface area contributed by atoms with Crippen molar-refractivity contribution >= 4 is 15.9 Å². The lowest BCUT2D eigenvalue weighted by Crippen LogP contribution is -1.73. The highest BCUT2D eigenvalue weighted by atomic mass is 79.9. The molecular weight excluding hydrogens is 166 g/mol. The summed E-state index contributed by atoms with van der Waals surface area (Å²) in [6.07, 6.45) is 3.02. The van der Waals surface area contributed by atoms with Crippen LogP contribution < -0.4 is 0 Å². The molecule has 0 amide bonds. The summed E-state index contributed by atoms with van der Waals surface area (Å²) >= 11 is 3.34. The van der Waals surface area contributed by atoms with Crippen LogP contribution >= 0.6 is 15.9 Å². The molecule has 1 rings (SSSR count). The van der Waals surface area contributed by atoms with Gasteiger partial charge in [0.25, 0.3) is 0 Å². The Kier molecular flexibility index (Phi) is 1.73. The van der Waals surface area contributed by atoms with E-state index in [0.29, 0.717) is 0 Å². The molecule has 1 nitrogen and oxygen atoms in total. The van der Waals surface area contributed by atoms with Crippen molar-refractivity contribution in [2.24, 2.45) is 0 Å². The van der Waals surface area contributed by atoms with Crippen molar-refractivity contribution in [1.82, 2.24) is 4.98 Å². The van der Waals surface area contributed by atoms with E-state index in [0.717, 1.165) is 10.9 Å². The zero-order valence-corrected chi connectivity index (χ0v) is 6.33. The number of aryl methyl sites for hydroxylation is 1. The predicted molar refractivity (Wildman–Crippen MR) is 37.9 cm³/mol. The van der Waals surface area contributed by atoms with Gasteiger partial charge in [0.15, 0.2) is 0 Å². The Morgan fingerprint density at radius 3 is 2.75 bits per heavy atom. The molecule has 1 heterocycles. The molecule has 0 aliphatic carbocycles. The first kappa shape index (κ1) is 5.89. The molecule has 0 saturated heterocycles. The molecule has 2 heteroatoms. The van der Waals surface area contributed by atoms with Gasteiger partial charge in [-0.25, -0.2) is 0 Å². The third-order valence-electron chi connectivity index (χ3n) is 1.09. The summed E-state index contributed by atoms with van der Waals surface area (Å²) in [5.74, 6) is 0. The van der Waals surface area contributed by atoms with Gasteiger partial charge in [0, 0.05) is 16.4 Å². The Morgan fingerprint density at radius 1 is 1.75 bits per heavy atom. The van der Waals surface area contributed by atoms with Crippen LogP contribution in [0.15, 0.2) is 16.7 Å². The Hall–Kier alpha value is -0.240. The molecule has 44 valence electrons. The first-order valence-corrected chi connectivity index (χ1v) is 3.45. The van der Waals surface area contributed by atoms with E-state index < -0.39 is 0 Å². The summed E-state index contributed by atoms with van der Waals surface area (Å²) in [4.78, 5) is 3.11. The number of H-pyrrole nitrogens is 1. The van der Waals surface area contributed by atoms with Crippen LogP contribution in [-0.4, -0.2) is 4.98 Å². The van der Waals surface area contributed by atoms with E-state index in [2.05, 4.69) is 33.9 Å². The van der Waals surface area contributed by atoms with Crippen molar-refractivity contribution in [2.75, 3.05) is 0 Å². The van der Waals surface area contributed by atoms with Crippen LogP contribution in [0.3, 0.4) is 0 Å². The van der Waals surface area contributed by atoms with Crippen molar-refractivity contribution in [2.45, 2.75) is 13.3 Å². The van der Waals surface area contributed by atoms with E-state index in [4.69, 9.17) is 0 Å². The highest BCUT2D eigenvalue weighted by Crippen LogP contribution is 2.10. The predicted octanol–water partition coefficient (Wildman–Crippen LogP) is 2.34. The molecule has 1 aromatic rings. The summed E-state index contributed by atoms with van der Waals surface area (Å²) in [6, 6.07) is 2.08. The van der Waals surface area contributed by atoms with E-state index in [1.807, 2.05) is 6.20 Å². The number of halogens is 1. The zero-order valence-electron chi connectivity index (χ0n) is 4.74. The molecule has 0 aromatic carbocycles. The van der Waals surface area contributed by atoms with Gasteiger partial charge in [-0.1, -0.05) is 6.92 Å². The highest BCUT2D eigenvalue weighted by molar-refractivity contribution is 9.10. The number of nitrogens with one attached hydrogen (secondary N) is 1. The lowest BCUT2D eigenvalue weighted by atomic mass is 10.3. The summed E-state index contributed by atoms with van der Waals surface area (Å²) in [5, 5.41) is 0. The Morgan fingerprint density at radius 2 is 2.50 bits per heavy atom. The number of rotatable bonds is 1. The van der Waals surface area contributed by atoms with Crippen molar-refractivity contribution in [1.29, 1.82) is 0 Å². The molecule has 0 bridgehead atoms. The quantitative estimate of drug-likeness (QED) is 0.672. The van der Waals surface area contributed by atoms with Crippen molar-refractivity contribution in [3.8, 4) is 0 Å². The van der Waals surface area contributed by atoms with E-state index in [1.165, 1.54) is 5.69 Å². The van der Waals surface area contributed by atoms with Gasteiger partial charge < -0.3 is 4.98 Å². The van der Waals surface area contributed by atoms with Gasteiger partial charge in [0.05, 0.1) is 0 Å². The molecule has 0 atom stereocenters. The fourth-order valence-corrected chi connectivity index (χ4v) is 1.01. The lowest BCUT2D eigenvalue weighted by molar-refractivity contribution is 1.06. The van der Waals surface area contributed by atoms with Crippen LogP contribution in [0.1, 0.15) is 12.6 Å². The van der Waals surface area contributed by atoms with Crippen LogP contribution in [0.5, 0.6) is 0 Å². The zero-order chi connectivity index (χ0) is 5.98. The minimum Gasteiger partial charge on any atom is -0.364 e. The molecule has 0 spiro atoms. The molecule has 0 saturated carbocycles. The number of hydrogen-bond acceptors (Lipinski definition) is 0. The number of aromatic amines is 1. The van der Waals surface area contributed by atoms with E-state index in [9.17, 15) is 0 Å². The smallest absolute Gasteiger partial charge is 0.0352 e. The van der Waals surface area contributed by atoms with Gasteiger partial charge in [-0.2, -0.15) is 0 Å².